The molecule has 5 aromatic rings. The molecular formula is C27H18O8. The third-order valence-electron chi connectivity index (χ3n) is 6.53. The number of hydrogen-bond donors (Lipinski definition) is 4. The van der Waals surface area contributed by atoms with E-state index < -0.39 is 23.9 Å². The highest BCUT2D eigenvalue weighted by atomic mass is 16.4. The molecule has 8 nitrogen and oxygen atoms in total. The quantitative estimate of drug-likeness (QED) is 0.188. The molecule has 0 aliphatic heterocycles. The third-order valence-corrected chi connectivity index (χ3v) is 6.53. The first-order valence-electron chi connectivity index (χ1n) is 10.8. The van der Waals surface area contributed by atoms with Crippen molar-refractivity contribution < 1.29 is 39.6 Å². The minimum absolute atomic E-state index is 0.0749. The molecule has 0 aromatic heterocycles. The van der Waals surface area contributed by atoms with Crippen LogP contribution in [0, 0.1) is 0 Å². The van der Waals surface area contributed by atoms with Gasteiger partial charge in [-0.15, -0.1) is 0 Å². The van der Waals surface area contributed by atoms with Gasteiger partial charge in [-0.05, 0) is 68.6 Å². The zero-order valence-corrected chi connectivity index (χ0v) is 18.4. The van der Waals surface area contributed by atoms with Crippen LogP contribution in [0.3, 0.4) is 0 Å². The van der Waals surface area contributed by atoms with Crippen molar-refractivity contribution in [2.75, 3.05) is 0 Å². The maximum atomic E-state index is 12.2. The molecule has 0 spiro atoms. The van der Waals surface area contributed by atoms with E-state index in [0.29, 0.717) is 50.7 Å². The van der Waals surface area contributed by atoms with Crippen molar-refractivity contribution in [1.29, 1.82) is 0 Å². The molecule has 5 rings (SSSR count). The standard InChI is InChI=1S/C27H18O8/c1-2-3-11-10-18(27(34)35)22-17(26(32)33)8-5-13-12-4-7-15(24(28)29)21-16(25(30)31)9-6-14(20(12)21)19(11)23(13)22/h4-10H,2-3H2,1H3,(H,28,29)(H,30,31)(H,32,33)(H,34,35). The van der Waals surface area contributed by atoms with E-state index in [1.165, 1.54) is 24.3 Å². The SMILES string of the molecule is CCCc1cc(C(=O)O)c2c(C(=O)O)ccc3c4ccc(C(=O)O)c5c(C(=O)O)ccc(c1c23)c54. The van der Waals surface area contributed by atoms with E-state index in [9.17, 15) is 39.6 Å². The number of carboxylic acid groups (broad SMARTS) is 4. The molecule has 0 bridgehead atoms. The predicted molar refractivity (Wildman–Crippen MR) is 129 cm³/mol. The van der Waals surface area contributed by atoms with Crippen LogP contribution >= 0.6 is 0 Å². The summed E-state index contributed by atoms with van der Waals surface area (Å²) in [6.45, 7) is 1.92. The average Bonchev–Trinajstić information content (AvgIpc) is 2.81. The fraction of sp³-hybridized carbons (Fsp3) is 0.111. The second kappa shape index (κ2) is 7.66. The number of carboxylic acids is 4. The van der Waals surface area contributed by atoms with Gasteiger partial charge in [0.2, 0.25) is 0 Å². The number of carbonyl (C=O) groups is 4. The van der Waals surface area contributed by atoms with Crippen LogP contribution in [0.4, 0.5) is 0 Å². The van der Waals surface area contributed by atoms with E-state index in [-0.39, 0.29) is 33.0 Å². The molecule has 0 aliphatic carbocycles. The Hall–Kier alpha value is -4.72. The first-order valence-corrected chi connectivity index (χ1v) is 10.8. The fourth-order valence-electron chi connectivity index (χ4n) is 5.25. The Bertz CT molecular complexity index is 1740. The van der Waals surface area contributed by atoms with Crippen molar-refractivity contribution >= 4 is 67.0 Å². The average molecular weight is 470 g/mol. The van der Waals surface area contributed by atoms with Gasteiger partial charge in [0.15, 0.2) is 0 Å². The van der Waals surface area contributed by atoms with Crippen LogP contribution in [0.5, 0.6) is 0 Å². The maximum absolute atomic E-state index is 12.2. The Morgan fingerprint density at radius 3 is 1.43 bits per heavy atom. The van der Waals surface area contributed by atoms with E-state index in [1.54, 1.807) is 18.2 Å². The van der Waals surface area contributed by atoms with Crippen LogP contribution in [0.15, 0.2) is 42.5 Å². The van der Waals surface area contributed by atoms with Gasteiger partial charge in [-0.1, -0.05) is 31.5 Å². The first kappa shape index (κ1) is 22.1. The number of aromatic carboxylic acids is 4. The van der Waals surface area contributed by atoms with Gasteiger partial charge < -0.3 is 20.4 Å². The Labute approximate surface area is 197 Å². The van der Waals surface area contributed by atoms with Gasteiger partial charge in [0.05, 0.1) is 22.3 Å². The van der Waals surface area contributed by atoms with E-state index in [0.717, 1.165) is 0 Å². The smallest absolute Gasteiger partial charge is 0.336 e. The highest BCUT2D eigenvalue weighted by molar-refractivity contribution is 6.38. The summed E-state index contributed by atoms with van der Waals surface area (Å²) in [5, 5.41) is 42.7. The maximum Gasteiger partial charge on any atom is 0.336 e. The number of fused-ring (bicyclic) bond motifs is 2. The Kier molecular flexibility index (Phi) is 4.84. The molecule has 0 heterocycles. The van der Waals surface area contributed by atoms with Gasteiger partial charge in [0.25, 0.3) is 0 Å². The monoisotopic (exact) mass is 470 g/mol. The molecule has 0 unspecified atom stereocenters. The van der Waals surface area contributed by atoms with Gasteiger partial charge in [0.1, 0.15) is 0 Å². The highest BCUT2D eigenvalue weighted by Crippen LogP contribution is 2.45. The molecular weight excluding hydrogens is 452 g/mol. The molecule has 5 aromatic carbocycles. The summed E-state index contributed by atoms with van der Waals surface area (Å²) in [5.74, 6) is -5.08. The number of rotatable bonds is 6. The second-order valence-electron chi connectivity index (χ2n) is 8.41. The van der Waals surface area contributed by atoms with Crippen LogP contribution in [0.25, 0.3) is 43.1 Å². The van der Waals surface area contributed by atoms with Gasteiger partial charge in [-0.3, -0.25) is 0 Å². The van der Waals surface area contributed by atoms with Gasteiger partial charge in [0, 0.05) is 10.8 Å². The van der Waals surface area contributed by atoms with Crippen LogP contribution in [-0.2, 0) is 6.42 Å². The number of benzene rings is 5. The Balaban J connectivity index is 2.21. The van der Waals surface area contributed by atoms with E-state index >= 15 is 0 Å². The molecule has 0 fully saturated rings. The molecule has 0 atom stereocenters. The molecule has 0 saturated carbocycles. The van der Waals surface area contributed by atoms with E-state index in [2.05, 4.69) is 0 Å². The van der Waals surface area contributed by atoms with Crippen LogP contribution in [-0.4, -0.2) is 44.3 Å². The molecule has 0 aliphatic rings. The molecule has 0 saturated heterocycles. The zero-order valence-electron chi connectivity index (χ0n) is 18.4. The molecule has 0 radical (unpaired) electrons. The lowest BCUT2D eigenvalue weighted by atomic mass is 9.82. The summed E-state index contributed by atoms with van der Waals surface area (Å²) < 4.78 is 0. The zero-order chi connectivity index (χ0) is 25.2. The lowest BCUT2D eigenvalue weighted by molar-refractivity contribution is 0.0681. The number of aryl methyl sites for hydroxylation is 1. The Morgan fingerprint density at radius 2 is 0.971 bits per heavy atom. The van der Waals surface area contributed by atoms with Crippen molar-refractivity contribution in [3.05, 3.63) is 70.3 Å². The van der Waals surface area contributed by atoms with Crippen molar-refractivity contribution in [3.63, 3.8) is 0 Å². The van der Waals surface area contributed by atoms with Crippen LogP contribution in [0.2, 0.25) is 0 Å². The molecule has 0 amide bonds. The second-order valence-corrected chi connectivity index (χ2v) is 8.41. The summed E-state index contributed by atoms with van der Waals surface area (Å²) in [4.78, 5) is 48.4. The van der Waals surface area contributed by atoms with E-state index in [1.807, 2.05) is 6.92 Å². The van der Waals surface area contributed by atoms with Crippen LogP contribution in [0.1, 0.15) is 60.3 Å². The first-order chi connectivity index (χ1) is 16.7. The minimum Gasteiger partial charge on any atom is -0.478 e. The highest BCUT2D eigenvalue weighted by Gasteiger charge is 2.27. The van der Waals surface area contributed by atoms with E-state index in [4.69, 9.17) is 0 Å². The summed E-state index contributed by atoms with van der Waals surface area (Å²) in [7, 11) is 0. The lowest BCUT2D eigenvalue weighted by Crippen LogP contribution is -2.08. The van der Waals surface area contributed by atoms with Gasteiger partial charge >= 0.3 is 23.9 Å². The normalized spacial score (nSPS) is 11.6. The molecule has 174 valence electrons. The summed E-state index contributed by atoms with van der Waals surface area (Å²) in [6, 6.07) is 10.2. The minimum atomic E-state index is -1.27. The van der Waals surface area contributed by atoms with Gasteiger partial charge in [-0.2, -0.15) is 0 Å². The Morgan fingerprint density at radius 1 is 0.543 bits per heavy atom. The largest absolute Gasteiger partial charge is 0.478 e. The van der Waals surface area contributed by atoms with Crippen LogP contribution < -0.4 is 0 Å². The molecule has 35 heavy (non-hydrogen) atoms. The van der Waals surface area contributed by atoms with Crippen molar-refractivity contribution in [1.82, 2.24) is 0 Å². The predicted octanol–water partition coefficient (Wildman–Crippen LogP) is 5.48. The fourth-order valence-corrected chi connectivity index (χ4v) is 5.25. The molecule has 4 N–H and O–H groups in total. The molecule has 8 heteroatoms. The van der Waals surface area contributed by atoms with Crippen molar-refractivity contribution in [3.8, 4) is 0 Å². The number of hydrogen-bond acceptors (Lipinski definition) is 4. The van der Waals surface area contributed by atoms with Crippen molar-refractivity contribution in [2.45, 2.75) is 19.8 Å². The third kappa shape index (κ3) is 3.00. The lowest BCUT2D eigenvalue weighted by Gasteiger charge is -2.21. The topological polar surface area (TPSA) is 149 Å². The van der Waals surface area contributed by atoms with Gasteiger partial charge in [-0.25, -0.2) is 19.2 Å². The summed E-state index contributed by atoms with van der Waals surface area (Å²) in [5.41, 5.74) is 0.0509. The summed E-state index contributed by atoms with van der Waals surface area (Å²) >= 11 is 0. The van der Waals surface area contributed by atoms with Crippen molar-refractivity contribution in [2.24, 2.45) is 0 Å². The summed E-state index contributed by atoms with van der Waals surface area (Å²) in [6.07, 6.45) is 1.16.